The number of carbonyl (C=O) groups is 1. The monoisotopic (exact) mass is 393 g/mol. The first kappa shape index (κ1) is 21.5. The zero-order chi connectivity index (χ0) is 20.7. The molecule has 0 spiro atoms. The van der Waals surface area contributed by atoms with Crippen LogP contribution in [0, 0.1) is 5.41 Å². The SMILES string of the molecule is CC(C)(C)C(=O)NC(CC1CCCCN1CCc1ccccc1)c1ccccn1. The average Bonchev–Trinajstić information content (AvgIpc) is 2.73. The first-order valence-corrected chi connectivity index (χ1v) is 10.9. The molecule has 2 atom stereocenters. The molecule has 1 N–H and O–H groups in total. The minimum absolute atomic E-state index is 0.0507. The largest absolute Gasteiger partial charge is 0.347 e. The summed E-state index contributed by atoms with van der Waals surface area (Å²) in [6, 6.07) is 17.1. The standard InChI is InChI=1S/C25H35N3O/c1-25(2,3)24(29)27-23(22-14-7-9-16-26-22)19-21-13-8-10-17-28(21)18-15-20-11-5-4-6-12-20/h4-7,9,11-12,14,16,21,23H,8,10,13,15,17-19H2,1-3H3,(H,27,29). The lowest BCUT2D eigenvalue weighted by Gasteiger charge is -2.38. The van der Waals surface area contributed by atoms with Crippen molar-refractivity contribution in [1.82, 2.24) is 15.2 Å². The van der Waals surface area contributed by atoms with Crippen molar-refractivity contribution in [1.29, 1.82) is 0 Å². The summed E-state index contributed by atoms with van der Waals surface area (Å²) in [7, 11) is 0. The van der Waals surface area contributed by atoms with Crippen LogP contribution in [-0.2, 0) is 11.2 Å². The van der Waals surface area contributed by atoms with Crippen LogP contribution >= 0.6 is 0 Å². The van der Waals surface area contributed by atoms with E-state index in [1.165, 1.54) is 24.8 Å². The van der Waals surface area contributed by atoms with Crippen LogP contribution in [0.4, 0.5) is 0 Å². The van der Waals surface area contributed by atoms with E-state index in [-0.39, 0.29) is 11.9 Å². The second kappa shape index (κ2) is 10.0. The third-order valence-corrected chi connectivity index (χ3v) is 5.82. The number of pyridine rings is 1. The number of benzene rings is 1. The Bertz CT molecular complexity index is 755. The summed E-state index contributed by atoms with van der Waals surface area (Å²) in [6.45, 7) is 8.09. The summed E-state index contributed by atoms with van der Waals surface area (Å²) in [6.07, 6.45) is 7.50. The van der Waals surface area contributed by atoms with Gasteiger partial charge in [-0.1, -0.05) is 63.6 Å². The molecule has 1 amide bonds. The quantitative estimate of drug-likeness (QED) is 0.737. The minimum Gasteiger partial charge on any atom is -0.347 e. The Morgan fingerprint density at radius 2 is 1.90 bits per heavy atom. The highest BCUT2D eigenvalue weighted by atomic mass is 16.2. The van der Waals surface area contributed by atoms with Gasteiger partial charge in [-0.2, -0.15) is 0 Å². The second-order valence-electron chi connectivity index (χ2n) is 9.19. The van der Waals surface area contributed by atoms with Gasteiger partial charge in [0.05, 0.1) is 11.7 Å². The molecule has 0 radical (unpaired) electrons. The van der Waals surface area contributed by atoms with E-state index in [0.29, 0.717) is 6.04 Å². The highest BCUT2D eigenvalue weighted by molar-refractivity contribution is 5.81. The van der Waals surface area contributed by atoms with Gasteiger partial charge in [-0.05, 0) is 49.9 Å². The van der Waals surface area contributed by atoms with Gasteiger partial charge < -0.3 is 5.32 Å². The third kappa shape index (κ3) is 6.40. The molecule has 29 heavy (non-hydrogen) atoms. The van der Waals surface area contributed by atoms with Gasteiger partial charge in [-0.25, -0.2) is 0 Å². The molecular formula is C25H35N3O. The third-order valence-electron chi connectivity index (χ3n) is 5.82. The maximum Gasteiger partial charge on any atom is 0.225 e. The number of likely N-dealkylation sites (tertiary alicyclic amines) is 1. The Hall–Kier alpha value is -2.20. The average molecular weight is 394 g/mol. The van der Waals surface area contributed by atoms with Gasteiger partial charge in [0.1, 0.15) is 0 Å². The molecule has 4 nitrogen and oxygen atoms in total. The molecule has 2 aromatic rings. The van der Waals surface area contributed by atoms with Crippen molar-refractivity contribution in [3.63, 3.8) is 0 Å². The lowest BCUT2D eigenvalue weighted by molar-refractivity contribution is -0.129. The predicted molar refractivity (Wildman–Crippen MR) is 119 cm³/mol. The van der Waals surface area contributed by atoms with E-state index >= 15 is 0 Å². The van der Waals surface area contributed by atoms with E-state index in [0.717, 1.165) is 31.6 Å². The topological polar surface area (TPSA) is 45.2 Å². The lowest BCUT2D eigenvalue weighted by Crippen LogP contribution is -2.45. The van der Waals surface area contributed by atoms with E-state index in [1.54, 1.807) is 0 Å². The van der Waals surface area contributed by atoms with Gasteiger partial charge in [0.15, 0.2) is 0 Å². The molecular weight excluding hydrogens is 358 g/mol. The van der Waals surface area contributed by atoms with Crippen LogP contribution in [0.3, 0.4) is 0 Å². The molecule has 0 bridgehead atoms. The molecule has 1 aliphatic heterocycles. The fraction of sp³-hybridized carbons (Fsp3) is 0.520. The summed E-state index contributed by atoms with van der Waals surface area (Å²) in [5.41, 5.74) is 1.94. The Morgan fingerprint density at radius 1 is 1.14 bits per heavy atom. The number of aromatic nitrogens is 1. The van der Waals surface area contributed by atoms with Crippen molar-refractivity contribution in [3.8, 4) is 0 Å². The van der Waals surface area contributed by atoms with Crippen LogP contribution in [0.2, 0.25) is 0 Å². The van der Waals surface area contributed by atoms with Crippen LogP contribution in [0.5, 0.6) is 0 Å². The fourth-order valence-electron chi connectivity index (χ4n) is 4.02. The van der Waals surface area contributed by atoms with Gasteiger partial charge in [0.25, 0.3) is 0 Å². The molecule has 3 rings (SSSR count). The van der Waals surface area contributed by atoms with Crippen molar-refractivity contribution < 1.29 is 4.79 Å². The molecule has 1 aromatic carbocycles. The molecule has 0 saturated carbocycles. The van der Waals surface area contributed by atoms with E-state index in [2.05, 4.69) is 45.5 Å². The van der Waals surface area contributed by atoms with Gasteiger partial charge >= 0.3 is 0 Å². The first-order chi connectivity index (χ1) is 13.9. The van der Waals surface area contributed by atoms with Crippen LogP contribution in [-0.4, -0.2) is 34.9 Å². The van der Waals surface area contributed by atoms with Crippen molar-refractivity contribution >= 4 is 5.91 Å². The zero-order valence-corrected chi connectivity index (χ0v) is 18.1. The predicted octanol–water partition coefficient (Wildman–Crippen LogP) is 4.77. The van der Waals surface area contributed by atoms with E-state index in [9.17, 15) is 4.79 Å². The molecule has 4 heteroatoms. The molecule has 2 unspecified atom stereocenters. The van der Waals surface area contributed by atoms with Crippen molar-refractivity contribution in [3.05, 3.63) is 66.0 Å². The number of amides is 1. The smallest absolute Gasteiger partial charge is 0.225 e. The number of nitrogens with one attached hydrogen (secondary N) is 1. The molecule has 1 aliphatic rings. The highest BCUT2D eigenvalue weighted by Crippen LogP contribution is 2.27. The van der Waals surface area contributed by atoms with Crippen LogP contribution in [0.15, 0.2) is 54.7 Å². The number of rotatable bonds is 7. The number of hydrogen-bond donors (Lipinski definition) is 1. The van der Waals surface area contributed by atoms with Gasteiger partial charge in [-0.3, -0.25) is 14.7 Å². The van der Waals surface area contributed by atoms with Crippen molar-refractivity contribution in [2.24, 2.45) is 5.41 Å². The molecule has 0 aliphatic carbocycles. The lowest BCUT2D eigenvalue weighted by atomic mass is 9.91. The fourth-order valence-corrected chi connectivity index (χ4v) is 4.02. The normalized spacial score (nSPS) is 18.9. The Balaban J connectivity index is 1.70. The van der Waals surface area contributed by atoms with E-state index < -0.39 is 5.41 Å². The summed E-state index contributed by atoms with van der Waals surface area (Å²) in [5, 5.41) is 3.29. The highest BCUT2D eigenvalue weighted by Gasteiger charge is 2.30. The Kier molecular flexibility index (Phi) is 7.43. The number of carbonyl (C=O) groups excluding carboxylic acids is 1. The number of nitrogens with zero attached hydrogens (tertiary/aromatic N) is 2. The molecule has 156 valence electrons. The maximum absolute atomic E-state index is 12.7. The Labute approximate surface area is 175 Å². The van der Waals surface area contributed by atoms with Crippen molar-refractivity contribution in [2.75, 3.05) is 13.1 Å². The van der Waals surface area contributed by atoms with Gasteiger partial charge in [-0.15, -0.1) is 0 Å². The first-order valence-electron chi connectivity index (χ1n) is 10.9. The summed E-state index contributed by atoms with van der Waals surface area (Å²) in [4.78, 5) is 19.9. The van der Waals surface area contributed by atoms with Crippen LogP contribution < -0.4 is 5.32 Å². The van der Waals surface area contributed by atoms with E-state index in [4.69, 9.17) is 0 Å². The van der Waals surface area contributed by atoms with Crippen LogP contribution in [0.1, 0.15) is 63.8 Å². The summed E-state index contributed by atoms with van der Waals surface area (Å²) in [5.74, 6) is 0.0831. The molecule has 1 aromatic heterocycles. The summed E-state index contributed by atoms with van der Waals surface area (Å²) < 4.78 is 0. The maximum atomic E-state index is 12.7. The number of piperidine rings is 1. The zero-order valence-electron chi connectivity index (χ0n) is 18.1. The van der Waals surface area contributed by atoms with Gasteiger partial charge in [0, 0.05) is 24.2 Å². The van der Waals surface area contributed by atoms with Gasteiger partial charge in [0.2, 0.25) is 5.91 Å². The summed E-state index contributed by atoms with van der Waals surface area (Å²) >= 11 is 0. The molecule has 1 fully saturated rings. The van der Waals surface area contributed by atoms with Crippen LogP contribution in [0.25, 0.3) is 0 Å². The van der Waals surface area contributed by atoms with Crippen molar-refractivity contribution in [2.45, 2.75) is 65.0 Å². The minimum atomic E-state index is -0.410. The molecule has 2 heterocycles. The molecule has 1 saturated heterocycles. The van der Waals surface area contributed by atoms with E-state index in [1.807, 2.05) is 45.2 Å². The number of hydrogen-bond acceptors (Lipinski definition) is 3. The Morgan fingerprint density at radius 3 is 2.59 bits per heavy atom. The second-order valence-corrected chi connectivity index (χ2v) is 9.19.